The maximum Gasteiger partial charge on any atom is 0.255 e. The maximum atomic E-state index is 12.2. The van der Waals surface area contributed by atoms with E-state index < -0.39 is 0 Å². The molecule has 0 saturated heterocycles. The van der Waals surface area contributed by atoms with E-state index in [0.717, 1.165) is 17.1 Å². The SMILES string of the molecule is COc1ccc(NC(=O)c2ccc(NCc3ccon3)cc2)cc1. The average Bonchev–Trinajstić information content (AvgIpc) is 3.14. The van der Waals surface area contributed by atoms with Crippen LogP contribution in [0.5, 0.6) is 5.75 Å². The highest BCUT2D eigenvalue weighted by atomic mass is 16.5. The summed E-state index contributed by atoms with van der Waals surface area (Å²) < 4.78 is 9.87. The molecule has 6 nitrogen and oxygen atoms in total. The summed E-state index contributed by atoms with van der Waals surface area (Å²) in [4.78, 5) is 12.2. The summed E-state index contributed by atoms with van der Waals surface area (Å²) in [5.41, 5.74) is 3.02. The number of rotatable bonds is 6. The van der Waals surface area contributed by atoms with Crippen LogP contribution in [0, 0.1) is 0 Å². The van der Waals surface area contributed by atoms with Gasteiger partial charge in [-0.25, -0.2) is 0 Å². The highest BCUT2D eigenvalue weighted by molar-refractivity contribution is 6.04. The Bertz CT molecular complexity index is 781. The van der Waals surface area contributed by atoms with Crippen molar-refractivity contribution < 1.29 is 14.1 Å². The predicted octanol–water partition coefficient (Wildman–Crippen LogP) is 3.55. The van der Waals surface area contributed by atoms with E-state index in [2.05, 4.69) is 15.8 Å². The van der Waals surface area contributed by atoms with Gasteiger partial charge in [0.1, 0.15) is 17.7 Å². The van der Waals surface area contributed by atoms with Gasteiger partial charge in [0.05, 0.1) is 13.7 Å². The van der Waals surface area contributed by atoms with Gasteiger partial charge in [-0.15, -0.1) is 0 Å². The molecule has 24 heavy (non-hydrogen) atoms. The lowest BCUT2D eigenvalue weighted by Gasteiger charge is -2.08. The first-order valence-corrected chi connectivity index (χ1v) is 7.43. The lowest BCUT2D eigenvalue weighted by Crippen LogP contribution is -2.11. The standard InChI is InChI=1S/C18H17N3O3/c1-23-17-8-6-15(7-9-17)20-18(22)13-2-4-14(5-3-13)19-12-16-10-11-24-21-16/h2-11,19H,12H2,1H3,(H,20,22). The fourth-order valence-corrected chi connectivity index (χ4v) is 2.14. The van der Waals surface area contributed by atoms with E-state index in [1.807, 2.05) is 12.1 Å². The molecule has 0 aliphatic rings. The van der Waals surface area contributed by atoms with Crippen molar-refractivity contribution in [1.82, 2.24) is 5.16 Å². The van der Waals surface area contributed by atoms with Gasteiger partial charge < -0.3 is 19.9 Å². The third-order valence-electron chi connectivity index (χ3n) is 3.46. The van der Waals surface area contributed by atoms with Crippen LogP contribution in [0.15, 0.2) is 65.4 Å². The van der Waals surface area contributed by atoms with E-state index in [4.69, 9.17) is 9.26 Å². The number of hydrogen-bond donors (Lipinski definition) is 2. The molecule has 122 valence electrons. The molecular formula is C18H17N3O3. The third kappa shape index (κ3) is 3.92. The smallest absolute Gasteiger partial charge is 0.255 e. The highest BCUT2D eigenvalue weighted by Crippen LogP contribution is 2.17. The monoisotopic (exact) mass is 323 g/mol. The number of carbonyl (C=O) groups is 1. The Morgan fingerprint density at radius 2 is 1.75 bits per heavy atom. The second-order valence-corrected chi connectivity index (χ2v) is 5.10. The lowest BCUT2D eigenvalue weighted by molar-refractivity contribution is 0.102. The van der Waals surface area contributed by atoms with Crippen LogP contribution in [-0.4, -0.2) is 18.2 Å². The van der Waals surface area contributed by atoms with Gasteiger partial charge in [-0.1, -0.05) is 5.16 Å². The second-order valence-electron chi connectivity index (χ2n) is 5.10. The number of hydrogen-bond acceptors (Lipinski definition) is 5. The van der Waals surface area contributed by atoms with E-state index in [0.29, 0.717) is 17.8 Å². The number of carbonyl (C=O) groups excluding carboxylic acids is 1. The number of amides is 1. The van der Waals surface area contributed by atoms with Crippen molar-refractivity contribution in [2.24, 2.45) is 0 Å². The number of nitrogens with zero attached hydrogens (tertiary/aromatic N) is 1. The fourth-order valence-electron chi connectivity index (χ4n) is 2.14. The second kappa shape index (κ2) is 7.32. The van der Waals surface area contributed by atoms with Crippen LogP contribution in [0.1, 0.15) is 16.1 Å². The van der Waals surface area contributed by atoms with Gasteiger partial charge in [-0.05, 0) is 48.5 Å². The van der Waals surface area contributed by atoms with Crippen molar-refractivity contribution in [3.63, 3.8) is 0 Å². The van der Waals surface area contributed by atoms with Gasteiger partial charge in [0, 0.05) is 23.0 Å². The zero-order chi connectivity index (χ0) is 16.8. The number of ether oxygens (including phenoxy) is 1. The summed E-state index contributed by atoms with van der Waals surface area (Å²) in [7, 11) is 1.60. The Kier molecular flexibility index (Phi) is 4.76. The van der Waals surface area contributed by atoms with Crippen molar-refractivity contribution in [3.05, 3.63) is 72.1 Å². The molecule has 0 bridgehead atoms. The first kappa shape index (κ1) is 15.6. The molecule has 0 aliphatic carbocycles. The number of anilines is 2. The van der Waals surface area contributed by atoms with Crippen LogP contribution in [0.2, 0.25) is 0 Å². The average molecular weight is 323 g/mol. The number of nitrogens with one attached hydrogen (secondary N) is 2. The first-order chi connectivity index (χ1) is 11.7. The van der Waals surface area contributed by atoms with E-state index in [-0.39, 0.29) is 5.91 Å². The molecule has 0 spiro atoms. The minimum absolute atomic E-state index is 0.164. The van der Waals surface area contributed by atoms with Crippen LogP contribution in [0.25, 0.3) is 0 Å². The van der Waals surface area contributed by atoms with Gasteiger partial charge >= 0.3 is 0 Å². The van der Waals surface area contributed by atoms with Gasteiger partial charge in [-0.2, -0.15) is 0 Å². The van der Waals surface area contributed by atoms with Gasteiger partial charge in [0.25, 0.3) is 5.91 Å². The molecule has 1 amide bonds. The largest absolute Gasteiger partial charge is 0.497 e. The molecular weight excluding hydrogens is 306 g/mol. The summed E-state index contributed by atoms with van der Waals surface area (Å²) >= 11 is 0. The molecule has 3 rings (SSSR count). The first-order valence-electron chi connectivity index (χ1n) is 7.43. The molecule has 1 aromatic heterocycles. The number of benzene rings is 2. The molecule has 0 saturated carbocycles. The van der Waals surface area contributed by atoms with Gasteiger partial charge in [-0.3, -0.25) is 4.79 Å². The number of methoxy groups -OCH3 is 1. The third-order valence-corrected chi connectivity index (χ3v) is 3.46. The van der Waals surface area contributed by atoms with Crippen molar-refractivity contribution in [2.45, 2.75) is 6.54 Å². The van der Waals surface area contributed by atoms with Gasteiger partial charge in [0.15, 0.2) is 0 Å². The Hall–Kier alpha value is -3.28. The summed E-state index contributed by atoms with van der Waals surface area (Å²) in [6.45, 7) is 0.563. The Morgan fingerprint density at radius 1 is 1.04 bits per heavy atom. The molecule has 0 fully saturated rings. The molecule has 0 aliphatic heterocycles. The van der Waals surface area contributed by atoms with Crippen molar-refractivity contribution in [1.29, 1.82) is 0 Å². The Labute approximate surface area is 139 Å². The quantitative estimate of drug-likeness (QED) is 0.725. The van der Waals surface area contributed by atoms with E-state index in [1.54, 1.807) is 49.6 Å². The molecule has 0 unspecified atom stereocenters. The molecule has 3 aromatic rings. The lowest BCUT2D eigenvalue weighted by atomic mass is 10.2. The molecule has 1 heterocycles. The molecule has 0 atom stereocenters. The summed E-state index contributed by atoms with van der Waals surface area (Å²) in [5, 5.41) is 9.88. The molecule has 0 radical (unpaired) electrons. The number of aromatic nitrogens is 1. The summed E-state index contributed by atoms with van der Waals surface area (Å²) in [5.74, 6) is 0.582. The fraction of sp³-hybridized carbons (Fsp3) is 0.111. The minimum atomic E-state index is -0.164. The van der Waals surface area contributed by atoms with Crippen LogP contribution in [0.3, 0.4) is 0 Å². The van der Waals surface area contributed by atoms with E-state index >= 15 is 0 Å². The van der Waals surface area contributed by atoms with E-state index in [1.165, 1.54) is 6.26 Å². The Morgan fingerprint density at radius 3 is 2.38 bits per heavy atom. The minimum Gasteiger partial charge on any atom is -0.497 e. The normalized spacial score (nSPS) is 10.2. The summed E-state index contributed by atoms with van der Waals surface area (Å²) in [6, 6.07) is 16.2. The topological polar surface area (TPSA) is 76.4 Å². The van der Waals surface area contributed by atoms with Crippen molar-refractivity contribution in [2.75, 3.05) is 17.7 Å². The van der Waals surface area contributed by atoms with Gasteiger partial charge in [0.2, 0.25) is 0 Å². The summed E-state index contributed by atoms with van der Waals surface area (Å²) in [6.07, 6.45) is 1.53. The van der Waals surface area contributed by atoms with Crippen molar-refractivity contribution in [3.8, 4) is 5.75 Å². The van der Waals surface area contributed by atoms with Crippen molar-refractivity contribution >= 4 is 17.3 Å². The molecule has 6 heteroatoms. The maximum absolute atomic E-state index is 12.2. The van der Waals surface area contributed by atoms with E-state index in [9.17, 15) is 4.79 Å². The molecule has 2 N–H and O–H groups in total. The highest BCUT2D eigenvalue weighted by Gasteiger charge is 2.06. The zero-order valence-electron chi connectivity index (χ0n) is 13.2. The Balaban J connectivity index is 1.58. The van der Waals surface area contributed by atoms with Crippen LogP contribution in [0.4, 0.5) is 11.4 Å². The molecule has 2 aromatic carbocycles. The van der Waals surface area contributed by atoms with Crippen LogP contribution in [-0.2, 0) is 6.54 Å². The predicted molar refractivity (Wildman–Crippen MR) is 91.2 cm³/mol. The van der Waals surface area contributed by atoms with Crippen LogP contribution >= 0.6 is 0 Å². The zero-order valence-corrected chi connectivity index (χ0v) is 13.2. The van der Waals surface area contributed by atoms with Crippen LogP contribution < -0.4 is 15.4 Å².